The Kier molecular flexibility index (Phi) is 2.01. The summed E-state index contributed by atoms with van der Waals surface area (Å²) in [4.78, 5) is 24.4. The highest BCUT2D eigenvalue weighted by Crippen LogP contribution is 1.97. The Morgan fingerprint density at radius 2 is 2.20 bits per heavy atom. The fourth-order valence-corrected chi connectivity index (χ4v) is 0.809. The van der Waals surface area contributed by atoms with Crippen LogP contribution in [0.15, 0.2) is 4.99 Å². The number of imide groups is 1. The lowest BCUT2D eigenvalue weighted by Gasteiger charge is -1.88. The molecule has 1 heterocycles. The van der Waals surface area contributed by atoms with Crippen LogP contribution in [0.5, 0.6) is 0 Å². The average molecular weight is 161 g/mol. The van der Waals surface area contributed by atoms with E-state index in [-0.39, 0.29) is 5.71 Å². The molecular formula is C5H5ClN2O2. The van der Waals surface area contributed by atoms with E-state index in [9.17, 15) is 9.59 Å². The Morgan fingerprint density at radius 1 is 1.50 bits per heavy atom. The second-order valence-electron chi connectivity index (χ2n) is 1.76. The van der Waals surface area contributed by atoms with Gasteiger partial charge >= 0.3 is 6.03 Å². The quantitative estimate of drug-likeness (QED) is 0.591. The number of carbonyl (C=O) groups excluding carboxylic acids is 2. The number of nitrogens with zero attached hydrogens (tertiary/aromatic N) is 1. The minimum Gasteiger partial charge on any atom is -0.271 e. The Balaban J connectivity index is 2.65. The van der Waals surface area contributed by atoms with E-state index < -0.39 is 11.9 Å². The van der Waals surface area contributed by atoms with Gasteiger partial charge < -0.3 is 0 Å². The van der Waals surface area contributed by atoms with E-state index >= 15 is 0 Å². The summed E-state index contributed by atoms with van der Waals surface area (Å²) in [6.07, 6.45) is 0.346. The number of urea groups is 1. The highest BCUT2D eigenvalue weighted by molar-refractivity contribution is 6.47. The molecule has 0 atom stereocenters. The molecule has 0 aliphatic carbocycles. The number of carbonyl (C=O) groups is 2. The first-order valence-corrected chi connectivity index (χ1v) is 3.26. The van der Waals surface area contributed by atoms with E-state index in [4.69, 9.17) is 11.6 Å². The molecule has 1 aliphatic rings. The van der Waals surface area contributed by atoms with Crippen molar-refractivity contribution in [2.75, 3.05) is 5.88 Å². The van der Waals surface area contributed by atoms with Crippen molar-refractivity contribution >= 4 is 29.3 Å². The predicted molar refractivity (Wildman–Crippen MR) is 36.3 cm³/mol. The van der Waals surface area contributed by atoms with Crippen molar-refractivity contribution in [2.24, 2.45) is 4.99 Å². The molecule has 3 amide bonds. The predicted octanol–water partition coefficient (Wildman–Crippen LogP) is 0.306. The molecule has 1 rings (SSSR count). The van der Waals surface area contributed by atoms with Crippen molar-refractivity contribution in [1.82, 2.24) is 5.32 Å². The molecule has 0 aromatic heterocycles. The maximum Gasteiger partial charge on any atom is 0.348 e. The van der Waals surface area contributed by atoms with Crippen LogP contribution in [0, 0.1) is 0 Å². The Morgan fingerprint density at radius 3 is 2.60 bits per heavy atom. The lowest BCUT2D eigenvalue weighted by molar-refractivity contribution is -0.113. The second-order valence-corrected chi connectivity index (χ2v) is 2.13. The highest BCUT2D eigenvalue weighted by Gasteiger charge is 2.21. The summed E-state index contributed by atoms with van der Waals surface area (Å²) < 4.78 is 0. The van der Waals surface area contributed by atoms with Gasteiger partial charge in [0.1, 0.15) is 5.71 Å². The first-order valence-electron chi connectivity index (χ1n) is 2.73. The van der Waals surface area contributed by atoms with Gasteiger partial charge in [-0.05, 0) is 0 Å². The topological polar surface area (TPSA) is 58.5 Å². The third-order valence-corrected chi connectivity index (χ3v) is 1.24. The van der Waals surface area contributed by atoms with Crippen molar-refractivity contribution in [3.63, 3.8) is 0 Å². The lowest BCUT2D eigenvalue weighted by Crippen LogP contribution is -2.25. The minimum atomic E-state index is -0.592. The molecule has 0 unspecified atom stereocenters. The minimum absolute atomic E-state index is 0.222. The van der Waals surface area contributed by atoms with Crippen molar-refractivity contribution in [1.29, 1.82) is 0 Å². The van der Waals surface area contributed by atoms with E-state index in [2.05, 4.69) is 4.99 Å². The summed E-state index contributed by atoms with van der Waals surface area (Å²) in [7, 11) is 0. The van der Waals surface area contributed by atoms with Gasteiger partial charge in [-0.3, -0.25) is 10.1 Å². The lowest BCUT2D eigenvalue weighted by atomic mass is 10.3. The van der Waals surface area contributed by atoms with Gasteiger partial charge in [-0.15, -0.1) is 11.6 Å². The van der Waals surface area contributed by atoms with E-state index in [1.807, 2.05) is 5.32 Å². The maximum absolute atomic E-state index is 10.7. The first-order chi connectivity index (χ1) is 4.74. The molecule has 1 aliphatic heterocycles. The van der Waals surface area contributed by atoms with Crippen LogP contribution in [-0.4, -0.2) is 23.5 Å². The summed E-state index contributed by atoms with van der Waals surface area (Å²) in [5.74, 6) is -0.120. The third kappa shape index (κ3) is 1.33. The number of halogens is 1. The van der Waals surface area contributed by atoms with Gasteiger partial charge in [0, 0.05) is 12.3 Å². The van der Waals surface area contributed by atoms with Crippen LogP contribution < -0.4 is 5.32 Å². The number of nitrogens with one attached hydrogen (secondary N) is 1. The second kappa shape index (κ2) is 2.79. The fourth-order valence-electron chi connectivity index (χ4n) is 0.630. The molecule has 0 fully saturated rings. The normalized spacial score (nSPS) is 17.1. The molecule has 0 bridgehead atoms. The maximum atomic E-state index is 10.7. The van der Waals surface area contributed by atoms with Gasteiger partial charge in [0.2, 0.25) is 0 Å². The number of rotatable bonds is 2. The number of hydrogen-bond acceptors (Lipinski definition) is 2. The van der Waals surface area contributed by atoms with Gasteiger partial charge in [0.05, 0.1) is 0 Å². The van der Waals surface area contributed by atoms with Crippen LogP contribution >= 0.6 is 11.6 Å². The smallest absolute Gasteiger partial charge is 0.271 e. The number of amides is 3. The van der Waals surface area contributed by atoms with E-state index in [1.165, 1.54) is 0 Å². The molecule has 10 heavy (non-hydrogen) atoms. The Bertz CT molecular complexity index is 212. The highest BCUT2D eigenvalue weighted by atomic mass is 35.5. The summed E-state index contributed by atoms with van der Waals surface area (Å²) in [6.45, 7) is 0. The van der Waals surface area contributed by atoms with Gasteiger partial charge in [0.25, 0.3) is 5.91 Å². The monoisotopic (exact) mass is 160 g/mol. The summed E-state index contributed by atoms with van der Waals surface area (Å²) in [5, 5.41) is 2.01. The first kappa shape index (κ1) is 7.21. The molecule has 0 saturated heterocycles. The van der Waals surface area contributed by atoms with Crippen LogP contribution in [0.1, 0.15) is 6.42 Å². The summed E-state index contributed by atoms with van der Waals surface area (Å²) in [5.41, 5.74) is 0.222. The SMILES string of the molecule is O=C1N=C(CCCl)C(=O)N1. The van der Waals surface area contributed by atoms with Crippen molar-refractivity contribution in [3.05, 3.63) is 0 Å². The van der Waals surface area contributed by atoms with Gasteiger partial charge in [-0.25, -0.2) is 4.79 Å². The van der Waals surface area contributed by atoms with Gasteiger partial charge in [-0.1, -0.05) is 0 Å². The van der Waals surface area contributed by atoms with Crippen LogP contribution in [0.2, 0.25) is 0 Å². The molecular weight excluding hydrogens is 156 g/mol. The van der Waals surface area contributed by atoms with Crippen molar-refractivity contribution < 1.29 is 9.59 Å². The van der Waals surface area contributed by atoms with Crippen LogP contribution in [-0.2, 0) is 4.79 Å². The van der Waals surface area contributed by atoms with E-state index in [0.29, 0.717) is 12.3 Å². The zero-order chi connectivity index (χ0) is 7.56. The van der Waals surface area contributed by atoms with Crippen molar-refractivity contribution in [2.45, 2.75) is 6.42 Å². The molecule has 5 heteroatoms. The average Bonchev–Trinajstić information content (AvgIpc) is 2.13. The zero-order valence-corrected chi connectivity index (χ0v) is 5.81. The number of aliphatic imine (C=N–C) groups is 1. The standard InChI is InChI=1S/C5H5ClN2O2/c6-2-1-3-4(9)8-5(10)7-3/h1-2H2,(H,8,9,10). The van der Waals surface area contributed by atoms with Crippen LogP contribution in [0.3, 0.4) is 0 Å². The molecule has 0 aromatic rings. The number of alkyl halides is 1. The van der Waals surface area contributed by atoms with E-state index in [0.717, 1.165) is 0 Å². The molecule has 1 N–H and O–H groups in total. The molecule has 0 spiro atoms. The summed E-state index contributed by atoms with van der Waals surface area (Å²) in [6, 6.07) is -0.592. The van der Waals surface area contributed by atoms with Gasteiger partial charge in [0.15, 0.2) is 0 Å². The number of hydrogen-bond donors (Lipinski definition) is 1. The van der Waals surface area contributed by atoms with Gasteiger partial charge in [-0.2, -0.15) is 4.99 Å². The molecule has 0 saturated carbocycles. The van der Waals surface area contributed by atoms with E-state index in [1.54, 1.807) is 0 Å². The Labute approximate surface area is 62.3 Å². The fraction of sp³-hybridized carbons (Fsp3) is 0.400. The summed E-state index contributed by atoms with van der Waals surface area (Å²) >= 11 is 5.32. The molecule has 0 aromatic carbocycles. The van der Waals surface area contributed by atoms with Crippen LogP contribution in [0.4, 0.5) is 4.79 Å². The van der Waals surface area contributed by atoms with Crippen molar-refractivity contribution in [3.8, 4) is 0 Å². The molecule has 4 nitrogen and oxygen atoms in total. The van der Waals surface area contributed by atoms with Crippen LogP contribution in [0.25, 0.3) is 0 Å². The zero-order valence-electron chi connectivity index (χ0n) is 5.06. The molecule has 0 radical (unpaired) electrons. The largest absolute Gasteiger partial charge is 0.348 e. The molecule has 54 valence electrons. The third-order valence-electron chi connectivity index (χ3n) is 1.05. The Hall–Kier alpha value is -0.900.